The monoisotopic (exact) mass is 208 g/mol. The molecule has 0 spiro atoms. The molecule has 0 aromatic carbocycles. The van der Waals surface area contributed by atoms with E-state index in [1.807, 2.05) is 12.1 Å². The van der Waals surface area contributed by atoms with Crippen LogP contribution in [0.1, 0.15) is 25.5 Å². The third-order valence-corrected chi connectivity index (χ3v) is 2.31. The number of unbranched alkanes of at least 4 members (excludes halogenated alkanes) is 1. The third kappa shape index (κ3) is 4.27. The molecule has 1 rings (SSSR count). The number of pyridine rings is 1. The number of anilines is 1. The zero-order valence-corrected chi connectivity index (χ0v) is 9.53. The highest BCUT2D eigenvalue weighted by Crippen LogP contribution is 2.08. The second-order valence-corrected chi connectivity index (χ2v) is 3.77. The van der Waals surface area contributed by atoms with Crippen molar-refractivity contribution < 1.29 is 0 Å². The minimum atomic E-state index is 0.871. The van der Waals surface area contributed by atoms with Crippen molar-refractivity contribution in [2.75, 3.05) is 19.0 Å². The van der Waals surface area contributed by atoms with Gasteiger partial charge in [-0.15, -0.1) is 0 Å². The summed E-state index contributed by atoms with van der Waals surface area (Å²) < 4.78 is 0. The number of nitrogens with one attached hydrogen (secondary N) is 1. The van der Waals surface area contributed by atoms with E-state index in [1.54, 1.807) is 6.20 Å². The fraction of sp³-hybridized carbons (Fsp3) is 0.545. The van der Waals surface area contributed by atoms with E-state index in [-0.39, 0.29) is 0 Å². The molecule has 3 N–H and O–H groups in total. The molecule has 1 aromatic rings. The van der Waals surface area contributed by atoms with Gasteiger partial charge in [0.1, 0.15) is 0 Å². The van der Waals surface area contributed by atoms with Crippen LogP contribution >= 0.6 is 0 Å². The molecule has 0 bridgehead atoms. The Bertz CT molecular complexity index is 288. The van der Waals surface area contributed by atoms with Gasteiger partial charge in [-0.25, -0.2) is 0 Å². The second kappa shape index (κ2) is 6.37. The van der Waals surface area contributed by atoms with Crippen molar-refractivity contribution in [2.24, 2.45) is 5.84 Å². The van der Waals surface area contributed by atoms with E-state index in [1.165, 1.54) is 12.8 Å². The Balaban J connectivity index is 2.48. The van der Waals surface area contributed by atoms with E-state index >= 15 is 0 Å². The molecule has 0 saturated carbocycles. The molecule has 0 saturated heterocycles. The van der Waals surface area contributed by atoms with Gasteiger partial charge < -0.3 is 10.3 Å². The lowest BCUT2D eigenvalue weighted by molar-refractivity contribution is 0.317. The molecule has 1 aromatic heterocycles. The van der Waals surface area contributed by atoms with Crippen molar-refractivity contribution in [3.63, 3.8) is 0 Å². The van der Waals surface area contributed by atoms with E-state index in [9.17, 15) is 0 Å². The maximum Gasteiger partial charge on any atom is 0.0564 e. The Kier molecular flexibility index (Phi) is 5.07. The van der Waals surface area contributed by atoms with Gasteiger partial charge in [0, 0.05) is 12.7 Å². The molecular weight excluding hydrogens is 188 g/mol. The molecule has 0 aliphatic carbocycles. The molecule has 0 fully saturated rings. The van der Waals surface area contributed by atoms with E-state index in [0.717, 1.165) is 24.5 Å². The Labute approximate surface area is 91.5 Å². The Morgan fingerprint density at radius 1 is 1.53 bits per heavy atom. The van der Waals surface area contributed by atoms with Crippen molar-refractivity contribution in [2.45, 2.75) is 26.3 Å². The van der Waals surface area contributed by atoms with Gasteiger partial charge in [0.15, 0.2) is 0 Å². The summed E-state index contributed by atoms with van der Waals surface area (Å²) in [4.78, 5) is 6.57. The highest BCUT2D eigenvalue weighted by atomic mass is 15.2. The molecule has 84 valence electrons. The average Bonchev–Trinajstić information content (AvgIpc) is 2.26. The number of hydrogen-bond donors (Lipinski definition) is 2. The summed E-state index contributed by atoms with van der Waals surface area (Å²) in [5.41, 5.74) is 4.58. The predicted molar refractivity (Wildman–Crippen MR) is 63.3 cm³/mol. The molecule has 0 unspecified atom stereocenters. The molecule has 0 atom stereocenters. The van der Waals surface area contributed by atoms with Crippen molar-refractivity contribution in [1.29, 1.82) is 0 Å². The van der Waals surface area contributed by atoms with Crippen LogP contribution in [-0.4, -0.2) is 23.5 Å². The summed E-state index contributed by atoms with van der Waals surface area (Å²) in [6.45, 7) is 4.18. The molecule has 1 heterocycles. The van der Waals surface area contributed by atoms with Crippen LogP contribution in [0.2, 0.25) is 0 Å². The number of hydrazine groups is 1. The lowest BCUT2D eigenvalue weighted by atomic mass is 10.3. The first-order valence-corrected chi connectivity index (χ1v) is 5.36. The standard InChI is InChI=1S/C11H20N4/c1-3-4-7-15(2)9-11-8-10(14-12)5-6-13-11/h5-6,8H,3-4,7,9,12H2,1-2H3,(H,13,14). The van der Waals surface area contributed by atoms with Crippen LogP contribution in [-0.2, 0) is 6.54 Å². The Morgan fingerprint density at radius 2 is 2.33 bits per heavy atom. The molecular formula is C11H20N4. The number of nitrogens with two attached hydrogens (primary N) is 1. The van der Waals surface area contributed by atoms with Crippen LogP contribution < -0.4 is 11.3 Å². The fourth-order valence-electron chi connectivity index (χ4n) is 1.44. The van der Waals surface area contributed by atoms with Gasteiger partial charge in [-0.05, 0) is 32.1 Å². The number of nitrogens with zero attached hydrogens (tertiary/aromatic N) is 2. The molecule has 0 aliphatic heterocycles. The van der Waals surface area contributed by atoms with Crippen molar-refractivity contribution in [3.05, 3.63) is 24.0 Å². The second-order valence-electron chi connectivity index (χ2n) is 3.77. The fourth-order valence-corrected chi connectivity index (χ4v) is 1.44. The topological polar surface area (TPSA) is 54.2 Å². The maximum atomic E-state index is 5.34. The summed E-state index contributed by atoms with van der Waals surface area (Å²) in [5.74, 6) is 5.34. The largest absolute Gasteiger partial charge is 0.324 e. The van der Waals surface area contributed by atoms with E-state index < -0.39 is 0 Å². The van der Waals surface area contributed by atoms with E-state index in [4.69, 9.17) is 5.84 Å². The van der Waals surface area contributed by atoms with Gasteiger partial charge in [-0.3, -0.25) is 10.8 Å². The lowest BCUT2D eigenvalue weighted by Gasteiger charge is -2.15. The minimum absolute atomic E-state index is 0.871. The first kappa shape index (κ1) is 11.9. The SMILES string of the molecule is CCCCN(C)Cc1cc(NN)ccn1. The van der Waals surface area contributed by atoms with Gasteiger partial charge in [0.05, 0.1) is 11.4 Å². The van der Waals surface area contributed by atoms with Gasteiger partial charge >= 0.3 is 0 Å². The highest BCUT2D eigenvalue weighted by Gasteiger charge is 2.01. The van der Waals surface area contributed by atoms with Crippen molar-refractivity contribution in [1.82, 2.24) is 9.88 Å². The maximum absolute atomic E-state index is 5.34. The van der Waals surface area contributed by atoms with Gasteiger partial charge in [0.2, 0.25) is 0 Å². The Hall–Kier alpha value is -1.13. The number of hydrogen-bond acceptors (Lipinski definition) is 4. The summed E-state index contributed by atoms with van der Waals surface area (Å²) in [7, 11) is 2.11. The zero-order valence-electron chi connectivity index (χ0n) is 9.53. The predicted octanol–water partition coefficient (Wildman–Crippen LogP) is 1.60. The molecule has 0 amide bonds. The number of nitrogen functional groups attached to an aromatic ring is 1. The molecule has 4 heteroatoms. The molecule has 4 nitrogen and oxygen atoms in total. The van der Waals surface area contributed by atoms with Crippen LogP contribution in [0.3, 0.4) is 0 Å². The molecule has 0 radical (unpaired) electrons. The average molecular weight is 208 g/mol. The van der Waals surface area contributed by atoms with Gasteiger partial charge in [-0.2, -0.15) is 0 Å². The minimum Gasteiger partial charge on any atom is -0.324 e. The van der Waals surface area contributed by atoms with Crippen LogP contribution in [0.15, 0.2) is 18.3 Å². The number of rotatable bonds is 6. The Morgan fingerprint density at radius 3 is 3.00 bits per heavy atom. The van der Waals surface area contributed by atoms with Crippen molar-refractivity contribution >= 4 is 5.69 Å². The lowest BCUT2D eigenvalue weighted by Crippen LogP contribution is -2.19. The summed E-state index contributed by atoms with van der Waals surface area (Å²) in [5, 5.41) is 0. The summed E-state index contributed by atoms with van der Waals surface area (Å²) >= 11 is 0. The van der Waals surface area contributed by atoms with Crippen molar-refractivity contribution in [3.8, 4) is 0 Å². The number of aromatic nitrogens is 1. The summed E-state index contributed by atoms with van der Waals surface area (Å²) in [6.07, 6.45) is 4.23. The van der Waals surface area contributed by atoms with Crippen LogP contribution in [0.5, 0.6) is 0 Å². The van der Waals surface area contributed by atoms with Gasteiger partial charge in [-0.1, -0.05) is 13.3 Å². The van der Waals surface area contributed by atoms with Gasteiger partial charge in [0.25, 0.3) is 0 Å². The first-order chi connectivity index (χ1) is 7.26. The molecule has 0 aliphatic rings. The smallest absolute Gasteiger partial charge is 0.0564 e. The van der Waals surface area contributed by atoms with Crippen LogP contribution in [0, 0.1) is 0 Å². The first-order valence-electron chi connectivity index (χ1n) is 5.36. The zero-order chi connectivity index (χ0) is 11.1. The third-order valence-electron chi connectivity index (χ3n) is 2.31. The van der Waals surface area contributed by atoms with Crippen LogP contribution in [0.4, 0.5) is 5.69 Å². The normalized spacial score (nSPS) is 10.7. The van der Waals surface area contributed by atoms with E-state index in [0.29, 0.717) is 0 Å². The quantitative estimate of drug-likeness (QED) is 0.551. The summed E-state index contributed by atoms with van der Waals surface area (Å²) in [6, 6.07) is 3.83. The highest BCUT2D eigenvalue weighted by molar-refractivity contribution is 5.41. The van der Waals surface area contributed by atoms with Crippen LogP contribution in [0.25, 0.3) is 0 Å². The molecule has 15 heavy (non-hydrogen) atoms. The van der Waals surface area contributed by atoms with E-state index in [2.05, 4.69) is 29.3 Å².